The van der Waals surface area contributed by atoms with E-state index in [0.717, 1.165) is 11.0 Å². The number of benzene rings is 1. The van der Waals surface area contributed by atoms with Crippen LogP contribution in [0.3, 0.4) is 0 Å². The molecule has 0 spiro atoms. The lowest BCUT2D eigenvalue weighted by atomic mass is 10.2. The number of carbonyl (C=O) groups excluding carboxylic acids is 1. The first-order valence-electron chi connectivity index (χ1n) is 6.58. The predicted molar refractivity (Wildman–Crippen MR) is 78.2 cm³/mol. The van der Waals surface area contributed by atoms with E-state index in [1.54, 1.807) is 13.0 Å². The van der Waals surface area contributed by atoms with Crippen LogP contribution in [0, 0.1) is 0 Å². The van der Waals surface area contributed by atoms with Gasteiger partial charge in [0.1, 0.15) is 11.1 Å². The monoisotopic (exact) mass is 283 g/mol. The number of esters is 1. The lowest BCUT2D eigenvalue weighted by molar-refractivity contribution is 0.0524. The fraction of sp³-hybridized carbons (Fsp3) is 0.125. The van der Waals surface area contributed by atoms with Crippen LogP contribution in [0.25, 0.3) is 22.4 Å². The molecule has 0 bridgehead atoms. The van der Waals surface area contributed by atoms with Crippen molar-refractivity contribution in [2.75, 3.05) is 6.61 Å². The van der Waals surface area contributed by atoms with E-state index in [0.29, 0.717) is 11.5 Å². The maximum absolute atomic E-state index is 11.9. The van der Waals surface area contributed by atoms with Crippen LogP contribution in [0.4, 0.5) is 0 Å². The van der Waals surface area contributed by atoms with Crippen molar-refractivity contribution in [1.82, 2.24) is 4.98 Å². The van der Waals surface area contributed by atoms with Crippen LogP contribution < -0.4 is 5.56 Å². The first kappa shape index (κ1) is 13.2. The number of para-hydroxylation sites is 1. The van der Waals surface area contributed by atoms with E-state index in [-0.39, 0.29) is 12.2 Å². The second kappa shape index (κ2) is 5.28. The summed E-state index contributed by atoms with van der Waals surface area (Å²) in [5, 5.41) is 0.947. The van der Waals surface area contributed by atoms with Crippen LogP contribution in [-0.2, 0) is 4.74 Å². The van der Waals surface area contributed by atoms with Crippen molar-refractivity contribution in [2.45, 2.75) is 6.92 Å². The number of pyridine rings is 1. The van der Waals surface area contributed by atoms with E-state index < -0.39 is 11.5 Å². The number of ether oxygens (including phenoxy) is 1. The first-order chi connectivity index (χ1) is 10.2. The molecule has 1 N–H and O–H groups in total. The highest BCUT2D eigenvalue weighted by atomic mass is 16.5. The molecule has 0 aliphatic rings. The van der Waals surface area contributed by atoms with Gasteiger partial charge in [-0.1, -0.05) is 18.2 Å². The van der Waals surface area contributed by atoms with Crippen molar-refractivity contribution in [3.63, 3.8) is 0 Å². The Balaban J connectivity index is 2.02. The summed E-state index contributed by atoms with van der Waals surface area (Å²) < 4.78 is 10.5. The van der Waals surface area contributed by atoms with Crippen LogP contribution >= 0.6 is 0 Å². The number of aromatic nitrogens is 1. The van der Waals surface area contributed by atoms with Crippen molar-refractivity contribution in [2.24, 2.45) is 0 Å². The van der Waals surface area contributed by atoms with Gasteiger partial charge in [0.2, 0.25) is 0 Å². The number of nitrogens with one attached hydrogen (secondary N) is 1. The molecule has 5 heteroatoms. The fourth-order valence-corrected chi connectivity index (χ4v) is 2.10. The van der Waals surface area contributed by atoms with Gasteiger partial charge in [-0.2, -0.15) is 0 Å². The van der Waals surface area contributed by atoms with Crippen molar-refractivity contribution < 1.29 is 13.9 Å². The van der Waals surface area contributed by atoms with Crippen molar-refractivity contribution in [3.8, 4) is 11.5 Å². The predicted octanol–water partition coefficient (Wildman–Crippen LogP) is 2.96. The molecule has 3 aromatic rings. The van der Waals surface area contributed by atoms with Gasteiger partial charge in [0, 0.05) is 5.39 Å². The molecule has 0 amide bonds. The molecule has 106 valence electrons. The van der Waals surface area contributed by atoms with Gasteiger partial charge in [0.15, 0.2) is 5.76 Å². The average molecular weight is 283 g/mol. The van der Waals surface area contributed by atoms with Crippen LogP contribution in [0.1, 0.15) is 17.3 Å². The molecule has 0 radical (unpaired) electrons. The zero-order valence-corrected chi connectivity index (χ0v) is 11.4. The number of rotatable bonds is 3. The highest BCUT2D eigenvalue weighted by molar-refractivity contribution is 5.89. The average Bonchev–Trinajstić information content (AvgIpc) is 2.91. The summed E-state index contributed by atoms with van der Waals surface area (Å²) in [5.74, 6) is -0.0846. The molecule has 0 aliphatic heterocycles. The van der Waals surface area contributed by atoms with E-state index in [2.05, 4.69) is 4.98 Å². The van der Waals surface area contributed by atoms with Gasteiger partial charge < -0.3 is 14.1 Å². The van der Waals surface area contributed by atoms with Gasteiger partial charge in [0.05, 0.1) is 12.3 Å². The zero-order chi connectivity index (χ0) is 14.8. The summed E-state index contributed by atoms with van der Waals surface area (Å²) in [4.78, 5) is 26.2. The van der Waals surface area contributed by atoms with Gasteiger partial charge >= 0.3 is 5.97 Å². The van der Waals surface area contributed by atoms with Crippen molar-refractivity contribution >= 4 is 16.9 Å². The molecule has 0 fully saturated rings. The Hall–Kier alpha value is -2.82. The lowest BCUT2D eigenvalue weighted by Gasteiger charge is -2.02. The summed E-state index contributed by atoms with van der Waals surface area (Å²) in [5.41, 5.74) is 0.746. The van der Waals surface area contributed by atoms with Gasteiger partial charge in [-0.3, -0.25) is 4.79 Å². The second-order valence-corrected chi connectivity index (χ2v) is 4.48. The third-order valence-corrected chi connectivity index (χ3v) is 3.10. The van der Waals surface area contributed by atoms with E-state index in [1.165, 1.54) is 6.07 Å². The molecule has 0 aliphatic carbocycles. The van der Waals surface area contributed by atoms with E-state index in [1.807, 2.05) is 30.3 Å². The van der Waals surface area contributed by atoms with Crippen LogP contribution in [-0.4, -0.2) is 17.6 Å². The summed E-state index contributed by atoms with van der Waals surface area (Å²) >= 11 is 0. The summed E-state index contributed by atoms with van der Waals surface area (Å²) in [6.07, 6.45) is 0. The first-order valence-corrected chi connectivity index (χ1v) is 6.58. The SMILES string of the molecule is CCOC(=O)c1ccc(-c2cc3ccccc3o2)[nH]c1=O. The number of hydrogen-bond donors (Lipinski definition) is 1. The Morgan fingerprint density at radius 3 is 2.76 bits per heavy atom. The summed E-state index contributed by atoms with van der Waals surface area (Å²) in [6, 6.07) is 12.5. The molecular weight excluding hydrogens is 270 g/mol. The van der Waals surface area contributed by atoms with E-state index in [4.69, 9.17) is 9.15 Å². The molecule has 1 aromatic carbocycles. The molecule has 0 atom stereocenters. The Bertz CT molecular complexity index is 827. The van der Waals surface area contributed by atoms with Gasteiger partial charge in [-0.15, -0.1) is 0 Å². The van der Waals surface area contributed by atoms with Crippen molar-refractivity contribution in [3.05, 3.63) is 58.4 Å². The maximum atomic E-state index is 11.9. The van der Waals surface area contributed by atoms with E-state index >= 15 is 0 Å². The maximum Gasteiger partial charge on any atom is 0.343 e. The van der Waals surface area contributed by atoms with Crippen LogP contribution in [0.5, 0.6) is 0 Å². The summed E-state index contributed by atoms with van der Waals surface area (Å²) in [7, 11) is 0. The number of fused-ring (bicyclic) bond motifs is 1. The largest absolute Gasteiger partial charge is 0.462 e. The Kier molecular flexibility index (Phi) is 3.31. The van der Waals surface area contributed by atoms with Gasteiger partial charge in [-0.05, 0) is 31.2 Å². The zero-order valence-electron chi connectivity index (χ0n) is 11.4. The molecule has 0 saturated heterocycles. The number of furan rings is 1. The van der Waals surface area contributed by atoms with Gasteiger partial charge in [-0.25, -0.2) is 4.79 Å². The molecule has 21 heavy (non-hydrogen) atoms. The molecular formula is C16H13NO4. The standard InChI is InChI=1S/C16H13NO4/c1-2-20-16(19)11-7-8-12(17-15(11)18)14-9-10-5-3-4-6-13(10)21-14/h3-9H,2H2,1H3,(H,17,18). The highest BCUT2D eigenvalue weighted by Crippen LogP contribution is 2.25. The van der Waals surface area contributed by atoms with Gasteiger partial charge in [0.25, 0.3) is 5.56 Å². The number of aromatic amines is 1. The minimum atomic E-state index is -0.630. The molecule has 0 unspecified atom stereocenters. The number of H-pyrrole nitrogens is 1. The minimum Gasteiger partial charge on any atom is -0.462 e. The Labute approximate surface area is 120 Å². The number of hydrogen-bond acceptors (Lipinski definition) is 4. The van der Waals surface area contributed by atoms with Crippen LogP contribution in [0.15, 0.2) is 51.7 Å². The Morgan fingerprint density at radius 2 is 2.05 bits per heavy atom. The molecule has 2 heterocycles. The number of carbonyl (C=O) groups is 1. The van der Waals surface area contributed by atoms with Crippen molar-refractivity contribution in [1.29, 1.82) is 0 Å². The molecule has 3 rings (SSSR count). The third-order valence-electron chi connectivity index (χ3n) is 3.10. The fourth-order valence-electron chi connectivity index (χ4n) is 2.10. The third kappa shape index (κ3) is 2.45. The topological polar surface area (TPSA) is 72.3 Å². The van der Waals surface area contributed by atoms with Crippen LogP contribution in [0.2, 0.25) is 0 Å². The normalized spacial score (nSPS) is 10.7. The highest BCUT2D eigenvalue weighted by Gasteiger charge is 2.13. The second-order valence-electron chi connectivity index (χ2n) is 4.48. The quantitative estimate of drug-likeness (QED) is 0.750. The molecule has 2 aromatic heterocycles. The summed E-state index contributed by atoms with van der Waals surface area (Å²) in [6.45, 7) is 1.92. The van der Waals surface area contributed by atoms with E-state index in [9.17, 15) is 9.59 Å². The minimum absolute atomic E-state index is 0.0169. The smallest absolute Gasteiger partial charge is 0.343 e. The molecule has 0 saturated carbocycles. The molecule has 5 nitrogen and oxygen atoms in total. The lowest BCUT2D eigenvalue weighted by Crippen LogP contribution is -2.19. The Morgan fingerprint density at radius 1 is 1.24 bits per heavy atom.